The van der Waals surface area contributed by atoms with Crippen molar-refractivity contribution in [3.63, 3.8) is 0 Å². The second-order valence-electron chi connectivity index (χ2n) is 13.2. The van der Waals surface area contributed by atoms with Gasteiger partial charge in [-0.15, -0.1) is 0 Å². The molecule has 1 aliphatic heterocycles. The fourth-order valence-corrected chi connectivity index (χ4v) is 7.68. The van der Waals surface area contributed by atoms with Crippen molar-refractivity contribution in [1.29, 1.82) is 0 Å². The van der Waals surface area contributed by atoms with E-state index in [1.807, 2.05) is 18.2 Å². The van der Waals surface area contributed by atoms with Gasteiger partial charge in [0, 0.05) is 64.2 Å². The number of carbonyl (C=O) groups excluding carboxylic acids is 1. The Kier molecular flexibility index (Phi) is 10.8. The van der Waals surface area contributed by atoms with Gasteiger partial charge in [-0.3, -0.25) is 0 Å². The number of fused-ring (bicyclic) bond motifs is 2. The predicted octanol–water partition coefficient (Wildman–Crippen LogP) is 10.4. The van der Waals surface area contributed by atoms with E-state index < -0.39 is 5.60 Å². The van der Waals surface area contributed by atoms with Crippen LogP contribution in [0, 0.1) is 12.8 Å². The fraction of sp³-hybridized carbons (Fsp3) is 0.488. The Morgan fingerprint density at radius 2 is 1.63 bits per heavy atom. The van der Waals surface area contributed by atoms with E-state index in [1.54, 1.807) is 7.11 Å². The van der Waals surface area contributed by atoms with Crippen LogP contribution in [0.5, 0.6) is 5.75 Å². The largest absolute Gasteiger partial charge is 0.496 e. The molecule has 0 bridgehead atoms. The summed E-state index contributed by atoms with van der Waals surface area (Å²) in [5, 5.41) is 1.11. The summed E-state index contributed by atoms with van der Waals surface area (Å²) < 4.78 is 15.5. The lowest BCUT2D eigenvalue weighted by atomic mass is 9.78. The minimum Gasteiger partial charge on any atom is -0.496 e. The van der Waals surface area contributed by atoms with Crippen LogP contribution in [-0.2, 0) is 16.9 Å². The number of carbonyl (C=O) groups is 1. The summed E-state index contributed by atoms with van der Waals surface area (Å²) in [6.07, 6.45) is 9.29. The second-order valence-corrected chi connectivity index (χ2v) is 13.2. The molecule has 0 fully saturated rings. The molecule has 1 aliphatic rings. The van der Waals surface area contributed by atoms with Crippen molar-refractivity contribution in [2.24, 2.45) is 5.92 Å². The van der Waals surface area contributed by atoms with Crippen molar-refractivity contribution in [2.45, 2.75) is 111 Å². The highest BCUT2D eigenvalue weighted by Crippen LogP contribution is 2.53. The topological polar surface area (TPSA) is 43.7 Å². The maximum atomic E-state index is 13.8. The first-order valence-electron chi connectivity index (χ1n) is 17.7. The maximum Gasteiger partial charge on any atom is 0.340 e. The third kappa shape index (κ3) is 6.06. The second kappa shape index (κ2) is 14.8. The first kappa shape index (κ1) is 33.6. The fourth-order valence-electron chi connectivity index (χ4n) is 7.68. The number of rotatable bonds is 16. The van der Waals surface area contributed by atoms with E-state index in [0.717, 1.165) is 84.4 Å². The summed E-state index contributed by atoms with van der Waals surface area (Å²) in [4.78, 5) is 16.3. The molecule has 3 atom stereocenters. The van der Waals surface area contributed by atoms with Crippen molar-refractivity contribution in [3.8, 4) is 5.75 Å². The van der Waals surface area contributed by atoms with E-state index >= 15 is 0 Å². The van der Waals surface area contributed by atoms with Gasteiger partial charge in [-0.05, 0) is 63.3 Å². The molecule has 5 nitrogen and oxygen atoms in total. The standard InChI is InChI=1S/C41H54N2O3/c1-8-12-19-31(11-4)28-43-30(6)39(34-21-15-17-23-37(34)43)41(35-22-16-14-20-33(35)40(44)46-41)36-25-24-32(27-38(36)45-7)42(26-13-9-2)29(5)18-10-3/h14-17,20-25,27,29,31H,8-13,18-19,26,28H2,1-7H3. The first-order chi connectivity index (χ1) is 22.4. The van der Waals surface area contributed by atoms with E-state index in [9.17, 15) is 4.79 Å². The third-order valence-electron chi connectivity index (χ3n) is 10.2. The smallest absolute Gasteiger partial charge is 0.340 e. The molecule has 1 aromatic heterocycles. The lowest BCUT2D eigenvalue weighted by Crippen LogP contribution is -2.34. The van der Waals surface area contributed by atoms with Gasteiger partial charge in [0.15, 0.2) is 5.60 Å². The molecule has 2 heterocycles. The molecular formula is C41H54N2O3. The number of para-hydroxylation sites is 1. The first-order valence-corrected chi connectivity index (χ1v) is 17.7. The summed E-state index contributed by atoms with van der Waals surface area (Å²) in [6, 6.07) is 23.5. The van der Waals surface area contributed by atoms with Crippen molar-refractivity contribution in [1.82, 2.24) is 4.57 Å². The molecule has 5 rings (SSSR count). The number of cyclic esters (lactones) is 1. The zero-order chi connectivity index (χ0) is 32.8. The molecule has 46 heavy (non-hydrogen) atoms. The number of benzene rings is 3. The molecule has 0 N–H and O–H groups in total. The highest BCUT2D eigenvalue weighted by atomic mass is 16.6. The summed E-state index contributed by atoms with van der Waals surface area (Å²) in [7, 11) is 1.74. The Morgan fingerprint density at radius 3 is 2.35 bits per heavy atom. The molecule has 3 unspecified atom stereocenters. The Morgan fingerprint density at radius 1 is 0.891 bits per heavy atom. The van der Waals surface area contributed by atoms with Gasteiger partial charge < -0.3 is 18.9 Å². The van der Waals surface area contributed by atoms with Crippen LogP contribution in [0.25, 0.3) is 10.9 Å². The molecule has 0 amide bonds. The molecular weight excluding hydrogens is 568 g/mol. The van der Waals surface area contributed by atoms with Crippen LogP contribution >= 0.6 is 0 Å². The number of unbranched alkanes of at least 4 members (excludes halogenated alkanes) is 2. The van der Waals surface area contributed by atoms with E-state index in [1.165, 1.54) is 24.8 Å². The lowest BCUT2D eigenvalue weighted by Gasteiger charge is -2.35. The summed E-state index contributed by atoms with van der Waals surface area (Å²) >= 11 is 0. The van der Waals surface area contributed by atoms with Gasteiger partial charge in [0.05, 0.1) is 12.7 Å². The van der Waals surface area contributed by atoms with Crippen LogP contribution < -0.4 is 9.64 Å². The number of anilines is 1. The summed E-state index contributed by atoms with van der Waals surface area (Å²) in [6.45, 7) is 15.5. The molecule has 0 spiro atoms. The molecule has 3 aromatic carbocycles. The normalized spacial score (nSPS) is 17.2. The minimum absolute atomic E-state index is 0.298. The highest BCUT2D eigenvalue weighted by Gasteiger charge is 2.52. The molecule has 0 aliphatic carbocycles. The van der Waals surface area contributed by atoms with Gasteiger partial charge in [0.25, 0.3) is 0 Å². The van der Waals surface area contributed by atoms with Gasteiger partial charge in [-0.1, -0.05) is 96.2 Å². The zero-order valence-corrected chi connectivity index (χ0v) is 29.2. The summed E-state index contributed by atoms with van der Waals surface area (Å²) in [5.74, 6) is 1.01. The molecule has 4 aromatic rings. The SMILES string of the molecule is CCCCC(CC)Cn1c(C)c(C2(c3ccc(N(CCCC)C(C)CCC)cc3OC)OC(=O)c3ccccc32)c2ccccc21. The van der Waals surface area contributed by atoms with Gasteiger partial charge in [-0.25, -0.2) is 4.79 Å². The van der Waals surface area contributed by atoms with E-state index in [4.69, 9.17) is 9.47 Å². The van der Waals surface area contributed by atoms with Crippen molar-refractivity contribution >= 4 is 22.6 Å². The zero-order valence-electron chi connectivity index (χ0n) is 29.2. The highest BCUT2D eigenvalue weighted by molar-refractivity contribution is 5.99. The molecule has 5 heteroatoms. The van der Waals surface area contributed by atoms with Crippen LogP contribution in [0.3, 0.4) is 0 Å². The average molecular weight is 623 g/mol. The molecule has 0 saturated carbocycles. The van der Waals surface area contributed by atoms with E-state index in [0.29, 0.717) is 17.5 Å². The quantitative estimate of drug-likeness (QED) is 0.117. The predicted molar refractivity (Wildman–Crippen MR) is 191 cm³/mol. The number of aromatic nitrogens is 1. The van der Waals surface area contributed by atoms with Crippen molar-refractivity contribution in [3.05, 3.63) is 94.7 Å². The number of esters is 1. The number of methoxy groups -OCH3 is 1. The van der Waals surface area contributed by atoms with Gasteiger partial charge >= 0.3 is 5.97 Å². The van der Waals surface area contributed by atoms with E-state index in [-0.39, 0.29) is 5.97 Å². The monoisotopic (exact) mass is 622 g/mol. The van der Waals surface area contributed by atoms with E-state index in [2.05, 4.69) is 99.5 Å². The maximum absolute atomic E-state index is 13.8. The Hall–Kier alpha value is -3.73. The van der Waals surface area contributed by atoms with Crippen molar-refractivity contribution in [2.75, 3.05) is 18.6 Å². The number of nitrogens with zero attached hydrogens (tertiary/aromatic N) is 2. The summed E-state index contributed by atoms with van der Waals surface area (Å²) in [5.41, 5.74) is 5.68. The Balaban J connectivity index is 1.77. The number of hydrogen-bond donors (Lipinski definition) is 0. The van der Waals surface area contributed by atoms with Gasteiger partial charge in [0.1, 0.15) is 5.75 Å². The number of ether oxygens (including phenoxy) is 2. The Bertz CT molecular complexity index is 1640. The average Bonchev–Trinajstić information content (AvgIpc) is 3.53. The Labute approximate surface area is 276 Å². The van der Waals surface area contributed by atoms with Crippen LogP contribution in [-0.4, -0.2) is 30.2 Å². The number of hydrogen-bond acceptors (Lipinski definition) is 4. The van der Waals surface area contributed by atoms with Crippen LogP contribution in [0.1, 0.15) is 119 Å². The van der Waals surface area contributed by atoms with Crippen LogP contribution in [0.4, 0.5) is 5.69 Å². The molecule has 0 saturated heterocycles. The molecule has 246 valence electrons. The van der Waals surface area contributed by atoms with Gasteiger partial charge in [0.2, 0.25) is 0 Å². The lowest BCUT2D eigenvalue weighted by molar-refractivity contribution is 0.0247. The van der Waals surface area contributed by atoms with Crippen LogP contribution in [0.15, 0.2) is 66.7 Å². The minimum atomic E-state index is -1.15. The van der Waals surface area contributed by atoms with Gasteiger partial charge in [-0.2, -0.15) is 0 Å². The third-order valence-corrected chi connectivity index (χ3v) is 10.2. The van der Waals surface area contributed by atoms with Crippen LogP contribution in [0.2, 0.25) is 0 Å². The van der Waals surface area contributed by atoms with Crippen molar-refractivity contribution < 1.29 is 14.3 Å². The molecule has 0 radical (unpaired) electrons.